The van der Waals surface area contributed by atoms with Gasteiger partial charge in [-0.15, -0.1) is 0 Å². The summed E-state index contributed by atoms with van der Waals surface area (Å²) in [6.07, 6.45) is -16.4. The minimum atomic E-state index is -5.10. The van der Waals surface area contributed by atoms with Crippen LogP contribution in [0.3, 0.4) is 0 Å². The Kier molecular flexibility index (Phi) is 4.23. The zero-order valence-electron chi connectivity index (χ0n) is 9.17. The summed E-state index contributed by atoms with van der Waals surface area (Å²) in [6, 6.07) is 0. The van der Waals surface area contributed by atoms with Crippen LogP contribution in [0.5, 0.6) is 0 Å². The highest BCUT2D eigenvalue weighted by atomic mass is 19.4. The van der Waals surface area contributed by atoms with E-state index in [1.165, 1.54) is 0 Å². The molecule has 1 aliphatic rings. The molecule has 0 aromatic rings. The lowest BCUT2D eigenvalue weighted by molar-refractivity contribution is -0.412. The Balaban J connectivity index is 2.73. The van der Waals surface area contributed by atoms with Gasteiger partial charge in [0.25, 0.3) is 0 Å². The van der Waals surface area contributed by atoms with Crippen LogP contribution in [0.1, 0.15) is 0 Å². The molecule has 1 saturated carbocycles. The largest absolute Gasteiger partial charge is 0.411 e. The highest BCUT2D eigenvalue weighted by Gasteiger charge is 2.81. The summed E-state index contributed by atoms with van der Waals surface area (Å²) in [7, 11) is 0. The van der Waals surface area contributed by atoms with E-state index in [4.69, 9.17) is 0 Å². The molecule has 0 aromatic heterocycles. The molecule has 12 heteroatoms. The summed E-state index contributed by atoms with van der Waals surface area (Å²) >= 11 is 0. The molecule has 20 heavy (non-hydrogen) atoms. The second kappa shape index (κ2) is 4.90. The van der Waals surface area contributed by atoms with E-state index in [2.05, 4.69) is 9.47 Å². The molecule has 0 aromatic carbocycles. The fourth-order valence-corrected chi connectivity index (χ4v) is 1.42. The first kappa shape index (κ1) is 17.3. The van der Waals surface area contributed by atoms with Crippen LogP contribution < -0.4 is 0 Å². The van der Waals surface area contributed by atoms with Gasteiger partial charge in [-0.3, -0.25) is 0 Å². The van der Waals surface area contributed by atoms with Gasteiger partial charge in [-0.25, -0.2) is 0 Å². The van der Waals surface area contributed by atoms with Crippen LogP contribution >= 0.6 is 0 Å². The van der Waals surface area contributed by atoms with Crippen molar-refractivity contribution in [1.29, 1.82) is 0 Å². The molecular weight excluding hydrogens is 318 g/mol. The van der Waals surface area contributed by atoms with Crippen molar-refractivity contribution in [2.45, 2.75) is 36.4 Å². The predicted octanol–water partition coefficient (Wildman–Crippen LogP) is 3.17. The summed E-state index contributed by atoms with van der Waals surface area (Å²) in [4.78, 5) is 0. The first-order valence-corrected chi connectivity index (χ1v) is 4.81. The van der Waals surface area contributed by atoms with Crippen molar-refractivity contribution in [1.82, 2.24) is 0 Å². The van der Waals surface area contributed by atoms with Crippen LogP contribution in [0.25, 0.3) is 0 Å². The van der Waals surface area contributed by atoms with Gasteiger partial charge in [0.15, 0.2) is 12.2 Å². The molecule has 1 fully saturated rings. The van der Waals surface area contributed by atoms with Gasteiger partial charge in [0.05, 0.1) is 0 Å². The van der Waals surface area contributed by atoms with Gasteiger partial charge in [0, 0.05) is 0 Å². The molecule has 0 aliphatic heterocycles. The van der Waals surface area contributed by atoms with Crippen LogP contribution in [0, 0.1) is 0 Å². The molecule has 0 heterocycles. The maximum absolute atomic E-state index is 12.8. The minimum absolute atomic E-state index is 2.31. The van der Waals surface area contributed by atoms with Gasteiger partial charge in [-0.05, 0) is 0 Å². The Morgan fingerprint density at radius 3 is 1.10 bits per heavy atom. The van der Waals surface area contributed by atoms with Gasteiger partial charge >= 0.3 is 24.2 Å². The first-order chi connectivity index (χ1) is 8.68. The highest BCUT2D eigenvalue weighted by Crippen LogP contribution is 2.54. The van der Waals surface area contributed by atoms with Gasteiger partial charge in [-0.2, -0.15) is 43.9 Å². The molecule has 0 bridgehead atoms. The normalized spacial score (nSPS) is 29.1. The number of hydrogen-bond acceptors (Lipinski definition) is 2. The topological polar surface area (TPSA) is 18.5 Å². The van der Waals surface area contributed by atoms with E-state index in [1.54, 1.807) is 0 Å². The second-order valence-electron chi connectivity index (χ2n) is 3.94. The van der Waals surface area contributed by atoms with E-state index in [1.807, 2.05) is 0 Å². The second-order valence-corrected chi connectivity index (χ2v) is 3.94. The van der Waals surface area contributed by atoms with Gasteiger partial charge in [-0.1, -0.05) is 0 Å². The first-order valence-electron chi connectivity index (χ1n) is 4.81. The third-order valence-corrected chi connectivity index (χ3v) is 2.29. The van der Waals surface area contributed by atoms with Crippen molar-refractivity contribution in [3.05, 3.63) is 0 Å². The maximum atomic E-state index is 12.8. The molecule has 1 rings (SSSR count). The summed E-state index contributed by atoms with van der Waals surface area (Å²) < 4.78 is 129. The number of alkyl halides is 10. The Hall–Kier alpha value is -0.780. The number of rotatable bonds is 4. The van der Waals surface area contributed by atoms with E-state index in [-0.39, 0.29) is 0 Å². The van der Waals surface area contributed by atoms with Crippen molar-refractivity contribution in [3.63, 3.8) is 0 Å². The molecule has 1 aliphatic carbocycles. The third-order valence-electron chi connectivity index (χ3n) is 2.29. The monoisotopic (exact) mass is 324 g/mol. The van der Waals surface area contributed by atoms with Crippen LogP contribution in [0.4, 0.5) is 43.9 Å². The molecule has 0 unspecified atom stereocenters. The molecular formula is C8H6F10O2. The molecule has 0 saturated heterocycles. The Labute approximate surface area is 104 Å². The van der Waals surface area contributed by atoms with Crippen molar-refractivity contribution in [2.24, 2.45) is 0 Å². The Bertz CT molecular complexity index is 312. The van der Waals surface area contributed by atoms with E-state index in [0.717, 1.165) is 0 Å². The average molecular weight is 324 g/mol. The average Bonchev–Trinajstić information content (AvgIpc) is 2.18. The van der Waals surface area contributed by atoms with Crippen LogP contribution in [-0.4, -0.2) is 49.6 Å². The fourth-order valence-electron chi connectivity index (χ4n) is 1.42. The highest BCUT2D eigenvalue weighted by molar-refractivity contribution is 5.13. The molecule has 120 valence electrons. The number of ether oxygens (including phenoxy) is 2. The molecule has 0 radical (unpaired) electrons. The van der Waals surface area contributed by atoms with E-state index in [0.29, 0.717) is 0 Å². The quantitative estimate of drug-likeness (QED) is 0.740. The van der Waals surface area contributed by atoms with Gasteiger partial charge in [0.2, 0.25) is 0 Å². The van der Waals surface area contributed by atoms with E-state index < -0.39 is 49.6 Å². The predicted molar refractivity (Wildman–Crippen MR) is 41.5 cm³/mol. The van der Waals surface area contributed by atoms with Crippen molar-refractivity contribution in [2.75, 3.05) is 13.2 Å². The molecule has 0 N–H and O–H groups in total. The summed E-state index contributed by atoms with van der Waals surface area (Å²) in [5.41, 5.74) is 0. The van der Waals surface area contributed by atoms with E-state index in [9.17, 15) is 43.9 Å². The fraction of sp³-hybridized carbons (Fsp3) is 1.00. The van der Waals surface area contributed by atoms with Crippen molar-refractivity contribution in [3.8, 4) is 0 Å². The standard InChI is InChI=1S/C8H6F10O2/c9-5(10,11)1-19-3-4(20-2-6(12,13)14)8(17,18)7(3,15)16/h3-4H,1-2H2/t3-,4+. The van der Waals surface area contributed by atoms with Crippen molar-refractivity contribution < 1.29 is 53.4 Å². The smallest absolute Gasteiger partial charge is 0.359 e. The summed E-state index contributed by atoms with van der Waals surface area (Å²) in [5.74, 6) is -10.1. The lowest BCUT2D eigenvalue weighted by Gasteiger charge is -2.49. The van der Waals surface area contributed by atoms with Gasteiger partial charge in [0.1, 0.15) is 13.2 Å². The summed E-state index contributed by atoms with van der Waals surface area (Å²) in [5, 5.41) is 0. The van der Waals surface area contributed by atoms with Gasteiger partial charge < -0.3 is 9.47 Å². The minimum Gasteiger partial charge on any atom is -0.359 e. The Morgan fingerprint density at radius 1 is 0.650 bits per heavy atom. The van der Waals surface area contributed by atoms with Crippen LogP contribution in [0.15, 0.2) is 0 Å². The van der Waals surface area contributed by atoms with Crippen LogP contribution in [-0.2, 0) is 9.47 Å². The lowest BCUT2D eigenvalue weighted by atomic mass is 9.81. The zero-order chi connectivity index (χ0) is 16.0. The lowest BCUT2D eigenvalue weighted by Crippen LogP contribution is -2.75. The SMILES string of the molecule is FC(F)(F)CO[C@@H]1[C@H](OCC(F)(F)F)C(F)(F)C1(F)F. The van der Waals surface area contributed by atoms with Crippen LogP contribution in [0.2, 0.25) is 0 Å². The summed E-state index contributed by atoms with van der Waals surface area (Å²) in [6.45, 7) is -4.62. The Morgan fingerprint density at radius 2 is 0.900 bits per heavy atom. The van der Waals surface area contributed by atoms with E-state index >= 15 is 0 Å². The molecule has 2 nitrogen and oxygen atoms in total. The zero-order valence-corrected chi connectivity index (χ0v) is 9.17. The number of hydrogen-bond donors (Lipinski definition) is 0. The number of halogens is 10. The molecule has 0 spiro atoms. The maximum Gasteiger partial charge on any atom is 0.411 e. The molecule has 2 atom stereocenters. The third kappa shape index (κ3) is 3.45. The van der Waals surface area contributed by atoms with Crippen molar-refractivity contribution >= 4 is 0 Å². The molecule has 0 amide bonds.